The fraction of sp³-hybridized carbons (Fsp3) is 0.700. The first-order valence-electron chi connectivity index (χ1n) is 9.50. The molecule has 1 aromatic rings. The molecule has 0 N–H and O–H groups in total. The molecule has 126 valence electrons. The topological polar surface area (TPSA) is 15.7 Å². The van der Waals surface area contributed by atoms with Crippen molar-refractivity contribution in [3.63, 3.8) is 0 Å². The van der Waals surface area contributed by atoms with Crippen LogP contribution in [0.1, 0.15) is 38.2 Å². The summed E-state index contributed by atoms with van der Waals surface area (Å²) >= 11 is 0. The van der Waals surface area contributed by atoms with E-state index in [1.54, 1.807) is 0 Å². The van der Waals surface area contributed by atoms with Crippen LogP contribution in [0, 0.1) is 11.8 Å². The molecule has 3 atom stereocenters. The third-order valence-corrected chi connectivity index (χ3v) is 6.22. The quantitative estimate of drug-likeness (QED) is 0.828. The maximum atomic E-state index is 5.53. The van der Waals surface area contributed by atoms with E-state index in [1.807, 2.05) is 6.92 Å². The van der Waals surface area contributed by atoms with Crippen molar-refractivity contribution in [1.29, 1.82) is 0 Å². The summed E-state index contributed by atoms with van der Waals surface area (Å²) in [5.41, 5.74) is 1.40. The van der Waals surface area contributed by atoms with Gasteiger partial charge in [0.25, 0.3) is 0 Å². The van der Waals surface area contributed by atoms with Crippen LogP contribution in [0.25, 0.3) is 0 Å². The fourth-order valence-corrected chi connectivity index (χ4v) is 5.03. The normalized spacial score (nSPS) is 31.6. The van der Waals surface area contributed by atoms with Gasteiger partial charge in [0.2, 0.25) is 0 Å². The van der Waals surface area contributed by atoms with Crippen LogP contribution in [0.2, 0.25) is 0 Å². The SMILES string of the molecule is CCOc1ccc(CN2CCN(C3CC4CCC3C4)CC2)cc1. The van der Waals surface area contributed by atoms with Gasteiger partial charge in [0, 0.05) is 38.8 Å². The van der Waals surface area contributed by atoms with Crippen LogP contribution in [0.4, 0.5) is 0 Å². The summed E-state index contributed by atoms with van der Waals surface area (Å²) < 4.78 is 5.53. The van der Waals surface area contributed by atoms with E-state index in [4.69, 9.17) is 4.74 Å². The molecule has 0 amide bonds. The first kappa shape index (κ1) is 15.5. The van der Waals surface area contributed by atoms with Gasteiger partial charge < -0.3 is 4.74 Å². The van der Waals surface area contributed by atoms with Gasteiger partial charge in [-0.25, -0.2) is 0 Å². The minimum absolute atomic E-state index is 0.740. The molecule has 4 rings (SSSR count). The van der Waals surface area contributed by atoms with Crippen molar-refractivity contribution in [3.8, 4) is 5.75 Å². The predicted octanol–water partition coefficient (Wildman–Crippen LogP) is 3.39. The summed E-state index contributed by atoms with van der Waals surface area (Å²) in [5, 5.41) is 0. The second kappa shape index (κ2) is 6.82. The molecule has 1 heterocycles. The fourth-order valence-electron chi connectivity index (χ4n) is 5.03. The molecule has 23 heavy (non-hydrogen) atoms. The van der Waals surface area contributed by atoms with Crippen LogP contribution in [0.3, 0.4) is 0 Å². The Morgan fingerprint density at radius 1 is 1.00 bits per heavy atom. The second-order valence-corrected chi connectivity index (χ2v) is 7.63. The molecule has 1 saturated heterocycles. The number of nitrogens with zero attached hydrogens (tertiary/aromatic N) is 2. The number of fused-ring (bicyclic) bond motifs is 2. The maximum Gasteiger partial charge on any atom is 0.119 e. The van der Waals surface area contributed by atoms with Gasteiger partial charge in [-0.2, -0.15) is 0 Å². The molecular formula is C20H30N2O. The van der Waals surface area contributed by atoms with Gasteiger partial charge in [-0.3, -0.25) is 9.80 Å². The van der Waals surface area contributed by atoms with Crippen LogP contribution >= 0.6 is 0 Å². The van der Waals surface area contributed by atoms with E-state index in [9.17, 15) is 0 Å². The highest BCUT2D eigenvalue weighted by Crippen LogP contribution is 2.46. The lowest BCUT2D eigenvalue weighted by atomic mass is 9.93. The van der Waals surface area contributed by atoms with Crippen molar-refractivity contribution in [2.45, 2.75) is 45.2 Å². The molecule has 2 aliphatic carbocycles. The first-order chi connectivity index (χ1) is 11.3. The van der Waals surface area contributed by atoms with E-state index in [0.717, 1.165) is 36.8 Å². The zero-order valence-electron chi connectivity index (χ0n) is 14.4. The van der Waals surface area contributed by atoms with Gasteiger partial charge in [-0.05, 0) is 55.7 Å². The van der Waals surface area contributed by atoms with Crippen LogP contribution in [-0.4, -0.2) is 48.6 Å². The summed E-state index contributed by atoms with van der Waals surface area (Å²) in [7, 11) is 0. The van der Waals surface area contributed by atoms with Crippen LogP contribution in [0.5, 0.6) is 5.75 Å². The summed E-state index contributed by atoms with van der Waals surface area (Å²) in [6.45, 7) is 8.84. The number of benzene rings is 1. The molecule has 3 aliphatic rings. The van der Waals surface area contributed by atoms with E-state index < -0.39 is 0 Å². The van der Waals surface area contributed by atoms with Gasteiger partial charge in [0.1, 0.15) is 5.75 Å². The Morgan fingerprint density at radius 2 is 1.78 bits per heavy atom. The molecule has 1 aromatic carbocycles. The zero-order chi connectivity index (χ0) is 15.6. The van der Waals surface area contributed by atoms with Crippen molar-refractivity contribution in [2.24, 2.45) is 11.8 Å². The molecule has 2 saturated carbocycles. The molecule has 2 bridgehead atoms. The van der Waals surface area contributed by atoms with Gasteiger partial charge in [0.05, 0.1) is 6.61 Å². The summed E-state index contributed by atoms with van der Waals surface area (Å²) in [5.74, 6) is 3.07. The molecule has 0 radical (unpaired) electrons. The Hall–Kier alpha value is -1.06. The highest BCUT2D eigenvalue weighted by molar-refractivity contribution is 5.27. The highest BCUT2D eigenvalue weighted by Gasteiger charge is 2.42. The van der Waals surface area contributed by atoms with E-state index in [1.165, 1.54) is 57.4 Å². The molecule has 0 spiro atoms. The lowest BCUT2D eigenvalue weighted by molar-refractivity contribution is 0.0679. The van der Waals surface area contributed by atoms with E-state index >= 15 is 0 Å². The lowest BCUT2D eigenvalue weighted by Gasteiger charge is -2.41. The van der Waals surface area contributed by atoms with Crippen molar-refractivity contribution in [3.05, 3.63) is 29.8 Å². The molecule has 1 aliphatic heterocycles. The van der Waals surface area contributed by atoms with Crippen molar-refractivity contribution in [2.75, 3.05) is 32.8 Å². The highest BCUT2D eigenvalue weighted by atomic mass is 16.5. The van der Waals surface area contributed by atoms with Crippen molar-refractivity contribution >= 4 is 0 Å². The number of rotatable bonds is 5. The Bertz CT molecular complexity index is 507. The molecule has 3 heteroatoms. The third kappa shape index (κ3) is 3.41. The standard InChI is InChI=1S/C20H30N2O/c1-2-23-19-7-4-16(5-8-19)15-21-9-11-22(12-10-21)20-14-17-3-6-18(20)13-17/h4-5,7-8,17-18,20H,2-3,6,9-15H2,1H3. The summed E-state index contributed by atoms with van der Waals surface area (Å²) in [6, 6.07) is 9.55. The minimum Gasteiger partial charge on any atom is -0.494 e. The van der Waals surface area contributed by atoms with E-state index in [-0.39, 0.29) is 0 Å². The third-order valence-electron chi connectivity index (χ3n) is 6.22. The average Bonchev–Trinajstić information content (AvgIpc) is 3.21. The monoisotopic (exact) mass is 314 g/mol. The maximum absolute atomic E-state index is 5.53. The van der Waals surface area contributed by atoms with Crippen LogP contribution in [0.15, 0.2) is 24.3 Å². The number of ether oxygens (including phenoxy) is 1. The van der Waals surface area contributed by atoms with Gasteiger partial charge in [-0.1, -0.05) is 18.6 Å². The molecule has 3 nitrogen and oxygen atoms in total. The Morgan fingerprint density at radius 3 is 2.39 bits per heavy atom. The lowest BCUT2D eigenvalue weighted by Crippen LogP contribution is -2.51. The Kier molecular flexibility index (Phi) is 4.59. The Balaban J connectivity index is 1.26. The largest absolute Gasteiger partial charge is 0.494 e. The average molecular weight is 314 g/mol. The first-order valence-corrected chi connectivity index (χ1v) is 9.50. The molecule has 3 fully saturated rings. The van der Waals surface area contributed by atoms with Gasteiger partial charge in [0.15, 0.2) is 0 Å². The predicted molar refractivity (Wildman–Crippen MR) is 93.7 cm³/mol. The van der Waals surface area contributed by atoms with Gasteiger partial charge in [-0.15, -0.1) is 0 Å². The number of piperazine rings is 1. The van der Waals surface area contributed by atoms with Crippen LogP contribution < -0.4 is 4.74 Å². The van der Waals surface area contributed by atoms with Crippen molar-refractivity contribution < 1.29 is 4.74 Å². The molecule has 0 aromatic heterocycles. The molecular weight excluding hydrogens is 284 g/mol. The van der Waals surface area contributed by atoms with E-state index in [0.29, 0.717) is 0 Å². The summed E-state index contributed by atoms with van der Waals surface area (Å²) in [4.78, 5) is 5.41. The smallest absolute Gasteiger partial charge is 0.119 e. The van der Waals surface area contributed by atoms with E-state index in [2.05, 4.69) is 34.1 Å². The second-order valence-electron chi connectivity index (χ2n) is 7.63. The van der Waals surface area contributed by atoms with Gasteiger partial charge >= 0.3 is 0 Å². The zero-order valence-corrected chi connectivity index (χ0v) is 14.4. The minimum atomic E-state index is 0.740. The molecule has 3 unspecified atom stereocenters. The van der Waals surface area contributed by atoms with Crippen LogP contribution in [-0.2, 0) is 6.54 Å². The Labute approximate surface area is 140 Å². The number of hydrogen-bond donors (Lipinski definition) is 0. The number of hydrogen-bond acceptors (Lipinski definition) is 3. The van der Waals surface area contributed by atoms with Crippen molar-refractivity contribution in [1.82, 2.24) is 9.80 Å². The summed E-state index contributed by atoms with van der Waals surface area (Å²) in [6.07, 6.45) is 6.03.